The molecule has 0 amide bonds. The fraction of sp³-hybridized carbons (Fsp3) is 0.235. The van der Waals surface area contributed by atoms with Gasteiger partial charge in [-0.3, -0.25) is 5.01 Å². The minimum Gasteiger partial charge on any atom is -0.496 e. The van der Waals surface area contributed by atoms with E-state index in [4.69, 9.17) is 4.74 Å². The largest absolute Gasteiger partial charge is 0.496 e. The van der Waals surface area contributed by atoms with Crippen LogP contribution in [-0.2, 0) is 0 Å². The molecule has 0 saturated carbocycles. The predicted octanol–water partition coefficient (Wildman–Crippen LogP) is 4.03. The number of benzene rings is 2. The van der Waals surface area contributed by atoms with Crippen molar-refractivity contribution in [3.63, 3.8) is 0 Å². The first-order valence-corrected chi connectivity index (χ1v) is 6.53. The van der Waals surface area contributed by atoms with Gasteiger partial charge in [-0.1, -0.05) is 18.2 Å². The average molecular weight is 268 g/mol. The third-order valence-electron chi connectivity index (χ3n) is 3.67. The maximum atomic E-state index is 5.54. The van der Waals surface area contributed by atoms with E-state index < -0.39 is 0 Å². The average Bonchev–Trinajstić information content (AvgIpc) is 2.48. The predicted molar refractivity (Wildman–Crippen MR) is 85.9 cm³/mol. The molecule has 20 heavy (non-hydrogen) atoms. The zero-order valence-electron chi connectivity index (χ0n) is 12.5. The van der Waals surface area contributed by atoms with Crippen LogP contribution in [0.15, 0.2) is 41.5 Å². The van der Waals surface area contributed by atoms with Crippen molar-refractivity contribution < 1.29 is 4.74 Å². The van der Waals surface area contributed by atoms with Crippen molar-refractivity contribution in [3.05, 3.63) is 47.5 Å². The number of anilines is 1. The second-order valence-electron chi connectivity index (χ2n) is 4.80. The number of hydrogen-bond donors (Lipinski definition) is 0. The molecule has 104 valence electrons. The third kappa shape index (κ3) is 2.52. The van der Waals surface area contributed by atoms with E-state index in [9.17, 15) is 0 Å². The molecule has 2 aromatic rings. The number of nitrogens with zero attached hydrogens (tertiary/aromatic N) is 2. The molecule has 0 aliphatic rings. The molecular formula is C17H20N2O. The van der Waals surface area contributed by atoms with Crippen LogP contribution in [0.2, 0.25) is 0 Å². The van der Waals surface area contributed by atoms with Gasteiger partial charge >= 0.3 is 0 Å². The van der Waals surface area contributed by atoms with E-state index >= 15 is 0 Å². The lowest BCUT2D eigenvalue weighted by Gasteiger charge is -2.17. The summed E-state index contributed by atoms with van der Waals surface area (Å²) in [4.78, 5) is 0. The van der Waals surface area contributed by atoms with Gasteiger partial charge in [0.1, 0.15) is 5.75 Å². The summed E-state index contributed by atoms with van der Waals surface area (Å²) in [7, 11) is 3.55. The number of hydrogen-bond acceptors (Lipinski definition) is 3. The quantitative estimate of drug-likeness (QED) is 0.617. The summed E-state index contributed by atoms with van der Waals surface area (Å²) >= 11 is 0. The summed E-state index contributed by atoms with van der Waals surface area (Å²) in [5.41, 5.74) is 5.79. The van der Waals surface area contributed by atoms with Gasteiger partial charge in [-0.05, 0) is 42.7 Å². The monoisotopic (exact) mass is 268 g/mol. The highest BCUT2D eigenvalue weighted by molar-refractivity contribution is 5.76. The number of hydrazone groups is 1. The number of rotatable bonds is 4. The lowest BCUT2D eigenvalue weighted by molar-refractivity contribution is 0.416. The van der Waals surface area contributed by atoms with Crippen LogP contribution in [0.4, 0.5) is 5.69 Å². The van der Waals surface area contributed by atoms with Gasteiger partial charge in [0.25, 0.3) is 0 Å². The molecule has 0 atom stereocenters. The molecule has 0 spiro atoms. The van der Waals surface area contributed by atoms with Crippen molar-refractivity contribution in [1.29, 1.82) is 0 Å². The molecule has 0 aliphatic carbocycles. The molecule has 2 aromatic carbocycles. The maximum absolute atomic E-state index is 5.54. The normalized spacial score (nSPS) is 10.2. The summed E-state index contributed by atoms with van der Waals surface area (Å²) in [5, 5.41) is 5.61. The van der Waals surface area contributed by atoms with Gasteiger partial charge in [-0.25, -0.2) is 0 Å². The number of aryl methyl sites for hydroxylation is 1. The molecule has 0 fully saturated rings. The van der Waals surface area contributed by atoms with Crippen molar-refractivity contribution in [1.82, 2.24) is 0 Å². The van der Waals surface area contributed by atoms with Crippen molar-refractivity contribution in [2.24, 2.45) is 5.10 Å². The SMILES string of the molecule is C=NN(C)c1ccc(-c2cccc(C)c2C)c(OC)c1. The zero-order valence-corrected chi connectivity index (χ0v) is 12.5. The molecule has 0 aliphatic heterocycles. The minimum atomic E-state index is 0.840. The molecule has 0 N–H and O–H groups in total. The van der Waals surface area contributed by atoms with E-state index in [0.29, 0.717) is 0 Å². The Kier molecular flexibility index (Phi) is 4.08. The van der Waals surface area contributed by atoms with Gasteiger partial charge in [-0.15, -0.1) is 0 Å². The van der Waals surface area contributed by atoms with Gasteiger partial charge in [0.05, 0.1) is 12.8 Å². The minimum absolute atomic E-state index is 0.840. The highest BCUT2D eigenvalue weighted by atomic mass is 16.5. The summed E-state index contributed by atoms with van der Waals surface area (Å²) in [5.74, 6) is 0.840. The van der Waals surface area contributed by atoms with Gasteiger partial charge in [0, 0.05) is 25.4 Å². The van der Waals surface area contributed by atoms with Crippen LogP contribution in [0.25, 0.3) is 11.1 Å². The van der Waals surface area contributed by atoms with E-state index in [1.807, 2.05) is 19.2 Å². The van der Waals surface area contributed by atoms with Crippen LogP contribution >= 0.6 is 0 Å². The van der Waals surface area contributed by atoms with E-state index in [1.54, 1.807) is 12.1 Å². The van der Waals surface area contributed by atoms with Crippen molar-refractivity contribution in [2.75, 3.05) is 19.2 Å². The van der Waals surface area contributed by atoms with E-state index in [-0.39, 0.29) is 0 Å². The first-order chi connectivity index (χ1) is 9.58. The molecule has 3 nitrogen and oxygen atoms in total. The lowest BCUT2D eigenvalue weighted by Crippen LogP contribution is -2.07. The molecule has 0 saturated heterocycles. The highest BCUT2D eigenvalue weighted by Gasteiger charge is 2.11. The van der Waals surface area contributed by atoms with E-state index in [0.717, 1.165) is 17.0 Å². The molecule has 2 rings (SSSR count). The molecule has 0 unspecified atom stereocenters. The Morgan fingerprint density at radius 1 is 1.10 bits per heavy atom. The Hall–Kier alpha value is -2.29. The molecule has 0 aromatic heterocycles. The van der Waals surface area contributed by atoms with Gasteiger partial charge in [0.15, 0.2) is 0 Å². The Morgan fingerprint density at radius 3 is 2.50 bits per heavy atom. The topological polar surface area (TPSA) is 24.8 Å². The maximum Gasteiger partial charge on any atom is 0.128 e. The smallest absolute Gasteiger partial charge is 0.128 e. The molecule has 0 heterocycles. The Bertz CT molecular complexity index is 635. The van der Waals surface area contributed by atoms with Gasteiger partial charge < -0.3 is 4.74 Å². The number of ether oxygens (including phenoxy) is 1. The third-order valence-corrected chi connectivity index (χ3v) is 3.67. The molecule has 0 bridgehead atoms. The molecule has 0 radical (unpaired) electrons. The highest BCUT2D eigenvalue weighted by Crippen LogP contribution is 2.35. The standard InChI is InChI=1S/C17H20N2O/c1-12-7-6-8-15(13(12)2)16-10-9-14(19(4)18-3)11-17(16)20-5/h6-11H,3H2,1-2,4-5H3. The Balaban J connectivity index is 2.57. The van der Waals surface area contributed by atoms with Crippen molar-refractivity contribution in [3.8, 4) is 16.9 Å². The summed E-state index contributed by atoms with van der Waals surface area (Å²) in [6, 6.07) is 12.4. The van der Waals surface area contributed by atoms with Gasteiger partial charge in [-0.2, -0.15) is 5.10 Å². The fourth-order valence-electron chi connectivity index (χ4n) is 2.23. The van der Waals surface area contributed by atoms with Crippen LogP contribution < -0.4 is 9.75 Å². The van der Waals surface area contributed by atoms with Gasteiger partial charge in [0.2, 0.25) is 0 Å². The first kappa shape index (κ1) is 14.1. The second kappa shape index (κ2) is 5.78. The van der Waals surface area contributed by atoms with Crippen LogP contribution in [0.3, 0.4) is 0 Å². The first-order valence-electron chi connectivity index (χ1n) is 6.53. The Labute approximate surface area is 120 Å². The molecular weight excluding hydrogens is 248 g/mol. The van der Waals surface area contributed by atoms with E-state index in [2.05, 4.69) is 49.9 Å². The fourth-order valence-corrected chi connectivity index (χ4v) is 2.23. The second-order valence-corrected chi connectivity index (χ2v) is 4.80. The van der Waals surface area contributed by atoms with Crippen molar-refractivity contribution >= 4 is 12.4 Å². The Morgan fingerprint density at radius 2 is 1.85 bits per heavy atom. The molecule has 3 heteroatoms. The van der Waals surface area contributed by atoms with Crippen LogP contribution in [0.5, 0.6) is 5.75 Å². The van der Waals surface area contributed by atoms with Crippen LogP contribution in [-0.4, -0.2) is 20.9 Å². The summed E-state index contributed by atoms with van der Waals surface area (Å²) in [6.07, 6.45) is 0. The van der Waals surface area contributed by atoms with E-state index in [1.165, 1.54) is 16.7 Å². The summed E-state index contributed by atoms with van der Waals surface area (Å²) < 4.78 is 5.54. The number of methoxy groups -OCH3 is 1. The zero-order chi connectivity index (χ0) is 14.7. The lowest BCUT2D eigenvalue weighted by atomic mass is 9.96. The van der Waals surface area contributed by atoms with Crippen LogP contribution in [0.1, 0.15) is 11.1 Å². The van der Waals surface area contributed by atoms with Crippen LogP contribution in [0, 0.1) is 13.8 Å². The van der Waals surface area contributed by atoms with Crippen molar-refractivity contribution in [2.45, 2.75) is 13.8 Å². The summed E-state index contributed by atoms with van der Waals surface area (Å²) in [6.45, 7) is 7.79.